The Balaban J connectivity index is 1.85. The number of methoxy groups -OCH3 is 1. The number of aliphatic hydroxyl groups excluding tert-OH is 2. The summed E-state index contributed by atoms with van der Waals surface area (Å²) >= 11 is 1.41. The molecule has 3 heterocycles. The van der Waals surface area contributed by atoms with Gasteiger partial charge in [-0.1, -0.05) is 30.0 Å². The van der Waals surface area contributed by atoms with E-state index < -0.39 is 24.5 Å². The van der Waals surface area contributed by atoms with Crippen molar-refractivity contribution in [2.24, 2.45) is 0 Å². The van der Waals surface area contributed by atoms with E-state index in [2.05, 4.69) is 15.0 Å². The molecule has 0 aliphatic carbocycles. The van der Waals surface area contributed by atoms with Crippen LogP contribution in [0.5, 0.6) is 0 Å². The average molecular weight is 389 g/mol. The molecule has 0 bridgehead atoms. The molecule has 1 saturated heterocycles. The third-order valence-corrected chi connectivity index (χ3v) is 5.42. The summed E-state index contributed by atoms with van der Waals surface area (Å²) in [5.41, 5.74) is 6.89. The Hall–Kier alpha value is -2.24. The van der Waals surface area contributed by atoms with Gasteiger partial charge in [0.25, 0.3) is 0 Å². The van der Waals surface area contributed by atoms with Crippen LogP contribution in [0.1, 0.15) is 6.23 Å². The van der Waals surface area contributed by atoms with E-state index in [1.165, 1.54) is 25.2 Å². The number of benzene rings is 1. The predicted octanol–water partition coefficient (Wildman–Crippen LogP) is 0.825. The van der Waals surface area contributed by atoms with Gasteiger partial charge in [-0.25, -0.2) is 15.0 Å². The lowest BCUT2D eigenvalue weighted by Crippen LogP contribution is -2.34. The number of aliphatic hydroxyl groups is 2. The zero-order chi connectivity index (χ0) is 19.0. The fourth-order valence-corrected chi connectivity index (χ4v) is 4.06. The standard InChI is InChI=1S/C17H19N5O4S/c1-25-13-12(24)10(7-23)26-16(13)22-15-11(14(18)19-8-20-15)21-17(22)27-9-5-3-2-4-6-9/h2-6,8,10,12-13,16,23-24H,7H2,1H3,(H2,18,19,20). The number of hydrogen-bond acceptors (Lipinski definition) is 9. The van der Waals surface area contributed by atoms with Crippen LogP contribution >= 0.6 is 11.8 Å². The Morgan fingerprint density at radius 2 is 2.07 bits per heavy atom. The van der Waals surface area contributed by atoms with Crippen molar-refractivity contribution >= 4 is 28.7 Å². The first kappa shape index (κ1) is 18.1. The topological polar surface area (TPSA) is 129 Å². The number of anilines is 1. The molecule has 0 radical (unpaired) electrons. The highest BCUT2D eigenvalue weighted by Crippen LogP contribution is 2.39. The monoisotopic (exact) mass is 389 g/mol. The highest BCUT2D eigenvalue weighted by molar-refractivity contribution is 7.99. The number of hydrogen-bond donors (Lipinski definition) is 3. The van der Waals surface area contributed by atoms with Gasteiger partial charge in [-0.15, -0.1) is 0 Å². The molecule has 9 nitrogen and oxygen atoms in total. The fraction of sp³-hybridized carbons (Fsp3) is 0.353. The molecule has 0 spiro atoms. The Kier molecular flexibility index (Phi) is 4.98. The minimum absolute atomic E-state index is 0.250. The second-order valence-corrected chi connectivity index (χ2v) is 7.09. The summed E-state index contributed by atoms with van der Waals surface area (Å²) in [4.78, 5) is 13.9. The first-order chi connectivity index (χ1) is 13.1. The molecular weight excluding hydrogens is 370 g/mol. The van der Waals surface area contributed by atoms with Crippen LogP contribution in [0.15, 0.2) is 46.7 Å². The minimum Gasteiger partial charge on any atom is -0.394 e. The predicted molar refractivity (Wildman–Crippen MR) is 98.1 cm³/mol. The van der Waals surface area contributed by atoms with Gasteiger partial charge in [-0.3, -0.25) is 4.57 Å². The summed E-state index contributed by atoms with van der Waals surface area (Å²) in [5, 5.41) is 20.5. The summed E-state index contributed by atoms with van der Waals surface area (Å²) < 4.78 is 13.1. The molecule has 1 fully saturated rings. The number of ether oxygens (including phenoxy) is 2. The summed E-state index contributed by atoms with van der Waals surface area (Å²) in [6, 6.07) is 9.70. The Labute approximate surface area is 159 Å². The minimum atomic E-state index is -0.990. The van der Waals surface area contributed by atoms with E-state index in [0.717, 1.165) is 4.90 Å². The SMILES string of the molecule is COC1C(O)C(CO)OC1n1c(Sc2ccccc2)nc2c(N)ncnc21. The molecule has 0 amide bonds. The van der Waals surface area contributed by atoms with E-state index in [4.69, 9.17) is 15.2 Å². The summed E-state index contributed by atoms with van der Waals surface area (Å²) in [5.74, 6) is 0.250. The van der Waals surface area contributed by atoms with E-state index in [1.54, 1.807) is 4.57 Å². The molecule has 0 saturated carbocycles. The van der Waals surface area contributed by atoms with Gasteiger partial charge in [0.2, 0.25) is 0 Å². The maximum atomic E-state index is 10.4. The van der Waals surface area contributed by atoms with Gasteiger partial charge in [-0.05, 0) is 12.1 Å². The molecule has 4 atom stereocenters. The van der Waals surface area contributed by atoms with Crippen LogP contribution in [0.3, 0.4) is 0 Å². The van der Waals surface area contributed by atoms with Crippen LogP contribution in [0.2, 0.25) is 0 Å². The molecular formula is C17H19N5O4S. The summed E-state index contributed by atoms with van der Waals surface area (Å²) in [7, 11) is 1.48. The lowest BCUT2D eigenvalue weighted by molar-refractivity contribution is -0.0623. The lowest BCUT2D eigenvalue weighted by Gasteiger charge is -2.21. The molecule has 4 rings (SSSR count). The second-order valence-electron chi connectivity index (χ2n) is 6.05. The third kappa shape index (κ3) is 3.15. The van der Waals surface area contributed by atoms with Gasteiger partial charge in [0, 0.05) is 12.0 Å². The van der Waals surface area contributed by atoms with Gasteiger partial charge in [0.1, 0.15) is 24.6 Å². The van der Waals surface area contributed by atoms with Crippen LogP contribution in [0.25, 0.3) is 11.2 Å². The molecule has 3 aromatic rings. The summed E-state index contributed by atoms with van der Waals surface area (Å²) in [6.45, 7) is -0.331. The highest BCUT2D eigenvalue weighted by Gasteiger charge is 2.46. The number of aromatic nitrogens is 4. The average Bonchev–Trinajstić information content (AvgIpc) is 3.20. The molecule has 1 aliphatic heterocycles. The van der Waals surface area contributed by atoms with Gasteiger partial charge in [0.05, 0.1) is 6.61 Å². The van der Waals surface area contributed by atoms with E-state index >= 15 is 0 Å². The maximum absolute atomic E-state index is 10.4. The number of rotatable bonds is 5. The van der Waals surface area contributed by atoms with E-state index in [9.17, 15) is 10.2 Å². The van der Waals surface area contributed by atoms with Crippen LogP contribution in [-0.2, 0) is 9.47 Å². The van der Waals surface area contributed by atoms with Crippen LogP contribution < -0.4 is 5.73 Å². The number of fused-ring (bicyclic) bond motifs is 1. The van der Waals surface area contributed by atoms with Crippen molar-refractivity contribution in [2.75, 3.05) is 19.5 Å². The van der Waals surface area contributed by atoms with Gasteiger partial charge < -0.3 is 25.4 Å². The Bertz CT molecular complexity index is 938. The van der Waals surface area contributed by atoms with Gasteiger partial charge >= 0.3 is 0 Å². The molecule has 142 valence electrons. The van der Waals surface area contributed by atoms with Gasteiger partial charge in [0.15, 0.2) is 28.4 Å². The quantitative estimate of drug-likeness (QED) is 0.581. The van der Waals surface area contributed by atoms with Gasteiger partial charge in [-0.2, -0.15) is 0 Å². The highest BCUT2D eigenvalue weighted by atomic mass is 32.2. The number of nitrogens with zero attached hydrogens (tertiary/aromatic N) is 4. The van der Waals surface area contributed by atoms with Crippen molar-refractivity contribution in [1.29, 1.82) is 0 Å². The molecule has 2 aromatic heterocycles. The lowest BCUT2D eigenvalue weighted by atomic mass is 10.1. The van der Waals surface area contributed by atoms with E-state index in [0.29, 0.717) is 16.3 Å². The Morgan fingerprint density at radius 1 is 1.30 bits per heavy atom. The maximum Gasteiger partial charge on any atom is 0.177 e. The normalized spacial score (nSPS) is 25.3. The molecule has 27 heavy (non-hydrogen) atoms. The smallest absolute Gasteiger partial charge is 0.177 e. The van der Waals surface area contributed by atoms with E-state index in [-0.39, 0.29) is 12.4 Å². The Morgan fingerprint density at radius 3 is 2.78 bits per heavy atom. The van der Waals surface area contributed by atoms with E-state index in [1.807, 2.05) is 30.3 Å². The van der Waals surface area contributed by atoms with Crippen molar-refractivity contribution in [2.45, 2.75) is 34.6 Å². The molecule has 4 unspecified atom stereocenters. The van der Waals surface area contributed by atoms with Crippen LogP contribution in [0, 0.1) is 0 Å². The largest absolute Gasteiger partial charge is 0.394 e. The number of imidazole rings is 1. The van der Waals surface area contributed by atoms with Crippen LogP contribution in [0.4, 0.5) is 5.82 Å². The van der Waals surface area contributed by atoms with Crippen molar-refractivity contribution in [3.05, 3.63) is 36.7 Å². The fourth-order valence-electron chi connectivity index (χ4n) is 3.13. The number of nitrogens with two attached hydrogens (primary N) is 1. The number of nitrogen functional groups attached to an aromatic ring is 1. The molecule has 1 aliphatic rings. The van der Waals surface area contributed by atoms with Crippen molar-refractivity contribution in [3.63, 3.8) is 0 Å². The first-order valence-corrected chi connectivity index (χ1v) is 9.14. The first-order valence-electron chi connectivity index (χ1n) is 8.32. The molecule has 4 N–H and O–H groups in total. The zero-order valence-corrected chi connectivity index (χ0v) is 15.3. The van der Waals surface area contributed by atoms with Crippen molar-refractivity contribution in [1.82, 2.24) is 19.5 Å². The van der Waals surface area contributed by atoms with Crippen molar-refractivity contribution in [3.8, 4) is 0 Å². The third-order valence-electron chi connectivity index (χ3n) is 4.44. The summed E-state index contributed by atoms with van der Waals surface area (Å²) in [6.07, 6.45) is -1.84. The molecule has 10 heteroatoms. The molecule has 1 aromatic carbocycles. The second kappa shape index (κ2) is 7.41. The zero-order valence-electron chi connectivity index (χ0n) is 14.5. The van der Waals surface area contributed by atoms with Crippen LogP contribution in [-0.4, -0.2) is 61.8 Å². The van der Waals surface area contributed by atoms with Crippen molar-refractivity contribution < 1.29 is 19.7 Å².